The third-order valence-corrected chi connectivity index (χ3v) is 2.94. The van der Waals surface area contributed by atoms with Crippen LogP contribution in [0, 0.1) is 0 Å². The fourth-order valence-electron chi connectivity index (χ4n) is 1.07. The molecule has 0 aliphatic rings. The lowest BCUT2D eigenvalue weighted by atomic mass is 10.2. The Morgan fingerprint density at radius 2 is 2.20 bits per heavy atom. The molecule has 0 saturated carbocycles. The van der Waals surface area contributed by atoms with Crippen molar-refractivity contribution in [3.8, 4) is 5.75 Å². The van der Waals surface area contributed by atoms with Gasteiger partial charge in [0.2, 0.25) is 0 Å². The molecular weight excluding hydrogens is 253 g/mol. The molecule has 1 aromatic carbocycles. The minimum atomic E-state index is -0.309. The van der Waals surface area contributed by atoms with Crippen LogP contribution in [0.3, 0.4) is 0 Å². The zero-order valence-electron chi connectivity index (χ0n) is 8.17. The van der Waals surface area contributed by atoms with Gasteiger partial charge in [-0.2, -0.15) is 0 Å². The van der Waals surface area contributed by atoms with Gasteiger partial charge >= 0.3 is 0 Å². The van der Waals surface area contributed by atoms with Crippen LogP contribution in [0.25, 0.3) is 0 Å². The third-order valence-electron chi connectivity index (χ3n) is 1.87. The monoisotopic (exact) mass is 263 g/mol. The summed E-state index contributed by atoms with van der Waals surface area (Å²) in [5.41, 5.74) is 5.51. The van der Waals surface area contributed by atoms with E-state index >= 15 is 0 Å². The molecule has 1 atom stereocenters. The van der Waals surface area contributed by atoms with Crippen molar-refractivity contribution in [2.75, 3.05) is 0 Å². The van der Waals surface area contributed by atoms with Crippen molar-refractivity contribution in [3.05, 3.63) is 28.2 Å². The van der Waals surface area contributed by atoms with Gasteiger partial charge in [-0.15, -0.1) is 0 Å². The molecule has 0 aliphatic heterocycles. The molecule has 15 heavy (non-hydrogen) atoms. The summed E-state index contributed by atoms with van der Waals surface area (Å²) in [4.78, 5) is 0.313. The summed E-state index contributed by atoms with van der Waals surface area (Å²) in [5, 5.41) is 0.834. The highest BCUT2D eigenvalue weighted by molar-refractivity contribution is 7.80. The molecule has 0 aromatic heterocycles. The van der Waals surface area contributed by atoms with Crippen molar-refractivity contribution in [1.82, 2.24) is 0 Å². The van der Waals surface area contributed by atoms with Gasteiger partial charge in [-0.3, -0.25) is 0 Å². The SMILES string of the molecule is CCC(Oc1cccc(Cl)c1Cl)C(N)=S. The second kappa shape index (κ2) is 5.54. The van der Waals surface area contributed by atoms with Crippen LogP contribution in [-0.4, -0.2) is 11.1 Å². The molecule has 0 saturated heterocycles. The Kier molecular flexibility index (Phi) is 4.64. The summed E-state index contributed by atoms with van der Waals surface area (Å²) >= 11 is 16.7. The number of thiocarbonyl (C=S) groups is 1. The average Bonchev–Trinajstić information content (AvgIpc) is 2.19. The lowest BCUT2D eigenvalue weighted by molar-refractivity contribution is 0.264. The fourth-order valence-corrected chi connectivity index (χ4v) is 1.62. The van der Waals surface area contributed by atoms with E-state index in [4.69, 9.17) is 45.9 Å². The molecule has 1 rings (SSSR count). The first kappa shape index (κ1) is 12.6. The molecule has 2 N–H and O–H groups in total. The van der Waals surface area contributed by atoms with Gasteiger partial charge in [0, 0.05) is 0 Å². The van der Waals surface area contributed by atoms with E-state index in [1.165, 1.54) is 0 Å². The Hall–Kier alpha value is -0.510. The predicted octanol–water partition coefficient (Wildman–Crippen LogP) is 3.44. The van der Waals surface area contributed by atoms with E-state index in [2.05, 4.69) is 0 Å². The number of hydrogen-bond donors (Lipinski definition) is 1. The fraction of sp³-hybridized carbons (Fsp3) is 0.300. The van der Waals surface area contributed by atoms with Crippen LogP contribution in [0.15, 0.2) is 18.2 Å². The van der Waals surface area contributed by atoms with E-state index in [9.17, 15) is 0 Å². The van der Waals surface area contributed by atoms with Crippen molar-refractivity contribution in [2.45, 2.75) is 19.4 Å². The zero-order valence-corrected chi connectivity index (χ0v) is 10.5. The van der Waals surface area contributed by atoms with E-state index < -0.39 is 0 Å². The van der Waals surface area contributed by atoms with E-state index in [1.807, 2.05) is 6.92 Å². The van der Waals surface area contributed by atoms with Crippen LogP contribution in [0.5, 0.6) is 5.75 Å². The Bertz CT molecular complexity index is 370. The molecule has 0 radical (unpaired) electrons. The van der Waals surface area contributed by atoms with Gasteiger partial charge in [-0.25, -0.2) is 0 Å². The number of rotatable bonds is 4. The molecule has 2 nitrogen and oxygen atoms in total. The van der Waals surface area contributed by atoms with Gasteiger partial charge in [0.15, 0.2) is 0 Å². The minimum absolute atomic E-state index is 0.309. The Balaban J connectivity index is 2.88. The van der Waals surface area contributed by atoms with Crippen LogP contribution in [0.4, 0.5) is 0 Å². The van der Waals surface area contributed by atoms with Crippen LogP contribution in [0.2, 0.25) is 10.0 Å². The van der Waals surface area contributed by atoms with Gasteiger partial charge in [0.05, 0.1) is 5.02 Å². The van der Waals surface area contributed by atoms with E-state index in [0.29, 0.717) is 27.2 Å². The number of ether oxygens (including phenoxy) is 1. The van der Waals surface area contributed by atoms with Gasteiger partial charge < -0.3 is 10.5 Å². The van der Waals surface area contributed by atoms with Crippen LogP contribution in [-0.2, 0) is 0 Å². The normalized spacial score (nSPS) is 12.2. The largest absolute Gasteiger partial charge is 0.482 e. The number of nitrogens with two attached hydrogens (primary N) is 1. The van der Waals surface area contributed by atoms with Gasteiger partial charge in [-0.05, 0) is 18.6 Å². The molecule has 0 heterocycles. The van der Waals surface area contributed by atoms with Crippen molar-refractivity contribution in [2.24, 2.45) is 5.73 Å². The standard InChI is InChI=1S/C10H11Cl2NOS/c1-2-7(10(13)15)14-8-5-3-4-6(11)9(8)12/h3-5,7H,2H2,1H3,(H2,13,15). The Morgan fingerprint density at radius 1 is 1.53 bits per heavy atom. The van der Waals surface area contributed by atoms with Crippen LogP contribution >= 0.6 is 35.4 Å². The maximum Gasteiger partial charge on any atom is 0.148 e. The summed E-state index contributed by atoms with van der Waals surface area (Å²) in [6.45, 7) is 1.93. The van der Waals surface area contributed by atoms with Crippen molar-refractivity contribution in [3.63, 3.8) is 0 Å². The number of hydrogen-bond acceptors (Lipinski definition) is 2. The molecule has 1 aromatic rings. The molecule has 1 unspecified atom stereocenters. The lowest BCUT2D eigenvalue weighted by Crippen LogP contribution is -2.31. The van der Waals surface area contributed by atoms with Gasteiger partial charge in [-0.1, -0.05) is 48.4 Å². The number of benzene rings is 1. The van der Waals surface area contributed by atoms with Crippen molar-refractivity contribution >= 4 is 40.4 Å². The van der Waals surface area contributed by atoms with E-state index in [0.717, 1.165) is 0 Å². The first-order valence-corrected chi connectivity index (χ1v) is 5.62. The Labute approximate surface area is 104 Å². The van der Waals surface area contributed by atoms with Gasteiger partial charge in [0.25, 0.3) is 0 Å². The second-order valence-corrected chi connectivity index (χ2v) is 4.23. The van der Waals surface area contributed by atoms with Crippen LogP contribution < -0.4 is 10.5 Å². The minimum Gasteiger partial charge on any atom is -0.482 e. The highest BCUT2D eigenvalue weighted by Gasteiger charge is 2.14. The zero-order chi connectivity index (χ0) is 11.4. The summed E-state index contributed by atoms with van der Waals surface area (Å²) < 4.78 is 5.55. The molecule has 5 heteroatoms. The van der Waals surface area contributed by atoms with Gasteiger partial charge in [0.1, 0.15) is 21.9 Å². The average molecular weight is 264 g/mol. The summed E-state index contributed by atoms with van der Waals surface area (Å²) in [7, 11) is 0. The molecular formula is C10H11Cl2NOS. The Morgan fingerprint density at radius 3 is 2.73 bits per heavy atom. The maximum atomic E-state index is 5.96. The highest BCUT2D eigenvalue weighted by Crippen LogP contribution is 2.32. The predicted molar refractivity (Wildman–Crippen MR) is 68.0 cm³/mol. The van der Waals surface area contributed by atoms with E-state index in [-0.39, 0.29) is 6.10 Å². The highest BCUT2D eigenvalue weighted by atomic mass is 35.5. The molecule has 82 valence electrons. The molecule has 0 bridgehead atoms. The molecule has 0 aliphatic carbocycles. The summed E-state index contributed by atoms with van der Waals surface area (Å²) in [6, 6.07) is 5.18. The first-order chi connectivity index (χ1) is 7.06. The summed E-state index contributed by atoms with van der Waals surface area (Å²) in [6.07, 6.45) is 0.383. The second-order valence-electron chi connectivity index (χ2n) is 2.97. The van der Waals surface area contributed by atoms with Crippen molar-refractivity contribution in [1.29, 1.82) is 0 Å². The van der Waals surface area contributed by atoms with Crippen molar-refractivity contribution < 1.29 is 4.74 Å². The maximum absolute atomic E-state index is 5.96. The van der Waals surface area contributed by atoms with Crippen LogP contribution in [0.1, 0.15) is 13.3 Å². The molecule has 0 fully saturated rings. The topological polar surface area (TPSA) is 35.2 Å². The lowest BCUT2D eigenvalue weighted by Gasteiger charge is -2.17. The smallest absolute Gasteiger partial charge is 0.148 e. The molecule has 0 amide bonds. The quantitative estimate of drug-likeness (QED) is 0.846. The molecule has 0 spiro atoms. The third kappa shape index (κ3) is 3.23. The number of halogens is 2. The summed E-state index contributed by atoms with van der Waals surface area (Å²) in [5.74, 6) is 0.504. The van der Waals surface area contributed by atoms with E-state index in [1.54, 1.807) is 18.2 Å². The first-order valence-electron chi connectivity index (χ1n) is 4.46.